The zero-order valence-electron chi connectivity index (χ0n) is 10.6. The van der Waals surface area contributed by atoms with Gasteiger partial charge in [-0.05, 0) is 29.3 Å². The molecule has 2 aromatic rings. The molecule has 0 heterocycles. The number of non-ortho nitro benzene ring substituents is 1. The molecule has 0 aliphatic heterocycles. The van der Waals surface area contributed by atoms with Crippen LogP contribution in [0.4, 0.5) is 11.4 Å². The fourth-order valence-electron chi connectivity index (χ4n) is 1.70. The second-order valence-electron chi connectivity index (χ2n) is 3.99. The molecule has 0 atom stereocenters. The van der Waals surface area contributed by atoms with Crippen LogP contribution in [0.3, 0.4) is 0 Å². The van der Waals surface area contributed by atoms with Crippen LogP contribution >= 0.6 is 0 Å². The highest BCUT2D eigenvalue weighted by Gasteiger charge is 2.28. The van der Waals surface area contributed by atoms with Crippen molar-refractivity contribution in [2.45, 2.75) is 0 Å². The van der Waals surface area contributed by atoms with Gasteiger partial charge in [-0.15, -0.1) is 0 Å². The summed E-state index contributed by atoms with van der Waals surface area (Å²) in [6.45, 7) is 0. The van der Waals surface area contributed by atoms with Gasteiger partial charge in [-0.25, -0.2) is 10.1 Å². The van der Waals surface area contributed by atoms with E-state index in [0.717, 1.165) is 24.3 Å². The standard InChI is InChI=1S/C13H9N3O5/c17-13(10-4-2-1-3-5-10)14(16(20)21)11-6-8-12(9-7-11)15(18)19/h1-9H. The zero-order chi connectivity index (χ0) is 15.4. The van der Waals surface area contributed by atoms with Crippen LogP contribution in [0.15, 0.2) is 54.6 Å². The third-order valence-corrected chi connectivity index (χ3v) is 2.68. The highest BCUT2D eigenvalue weighted by molar-refractivity contribution is 6.04. The second kappa shape index (κ2) is 5.78. The van der Waals surface area contributed by atoms with Crippen molar-refractivity contribution < 1.29 is 14.8 Å². The van der Waals surface area contributed by atoms with E-state index in [-0.39, 0.29) is 16.9 Å². The number of nitro groups is 2. The molecule has 0 aliphatic carbocycles. The molecule has 0 radical (unpaired) electrons. The number of hydrogen-bond acceptors (Lipinski definition) is 5. The fraction of sp³-hybridized carbons (Fsp3) is 0. The third-order valence-electron chi connectivity index (χ3n) is 2.68. The first kappa shape index (κ1) is 14.1. The van der Waals surface area contributed by atoms with Crippen molar-refractivity contribution in [3.8, 4) is 0 Å². The van der Waals surface area contributed by atoms with E-state index in [9.17, 15) is 25.0 Å². The number of rotatable bonds is 4. The number of carbonyl (C=O) groups is 1. The Kier molecular flexibility index (Phi) is 3.89. The van der Waals surface area contributed by atoms with Crippen LogP contribution in [-0.2, 0) is 0 Å². The van der Waals surface area contributed by atoms with Gasteiger partial charge in [0.15, 0.2) is 5.03 Å². The van der Waals surface area contributed by atoms with E-state index in [2.05, 4.69) is 0 Å². The van der Waals surface area contributed by atoms with Crippen molar-refractivity contribution in [3.05, 3.63) is 80.4 Å². The Morgan fingerprint density at radius 3 is 1.95 bits per heavy atom. The molecule has 2 rings (SSSR count). The van der Waals surface area contributed by atoms with Gasteiger partial charge in [-0.1, -0.05) is 18.2 Å². The van der Waals surface area contributed by atoms with Crippen molar-refractivity contribution in [2.75, 3.05) is 5.01 Å². The maximum atomic E-state index is 12.2. The Morgan fingerprint density at radius 1 is 0.905 bits per heavy atom. The van der Waals surface area contributed by atoms with Crippen LogP contribution in [0.1, 0.15) is 10.4 Å². The summed E-state index contributed by atoms with van der Waals surface area (Å²) in [6.07, 6.45) is 0. The molecule has 0 spiro atoms. The van der Waals surface area contributed by atoms with E-state index >= 15 is 0 Å². The lowest BCUT2D eigenvalue weighted by molar-refractivity contribution is -0.481. The normalized spacial score (nSPS) is 9.90. The van der Waals surface area contributed by atoms with E-state index in [1.54, 1.807) is 18.2 Å². The molecular weight excluding hydrogens is 278 g/mol. The molecule has 0 aromatic heterocycles. The number of hydrogen-bond donors (Lipinski definition) is 0. The number of anilines is 1. The summed E-state index contributed by atoms with van der Waals surface area (Å²) in [5.74, 6) is -0.825. The summed E-state index contributed by atoms with van der Waals surface area (Å²) in [5, 5.41) is 21.2. The fourth-order valence-corrected chi connectivity index (χ4v) is 1.70. The van der Waals surface area contributed by atoms with Crippen molar-refractivity contribution in [1.82, 2.24) is 0 Å². The SMILES string of the molecule is O=C(c1ccccc1)N(c1ccc([N+](=O)[O-])cc1)[N+](=O)[O-]. The summed E-state index contributed by atoms with van der Waals surface area (Å²) in [6, 6.07) is 12.3. The minimum atomic E-state index is -0.865. The molecule has 1 amide bonds. The smallest absolute Gasteiger partial charge is 0.262 e. The number of hydrazine groups is 1. The minimum absolute atomic E-state index is 0.0561. The predicted molar refractivity (Wildman–Crippen MR) is 73.3 cm³/mol. The predicted octanol–water partition coefficient (Wildman–Crippen LogP) is 2.43. The van der Waals surface area contributed by atoms with Crippen molar-refractivity contribution in [2.24, 2.45) is 0 Å². The Hall–Kier alpha value is -3.29. The summed E-state index contributed by atoms with van der Waals surface area (Å²) < 4.78 is 0. The molecule has 106 valence electrons. The van der Waals surface area contributed by atoms with Gasteiger partial charge < -0.3 is 0 Å². The summed E-state index contributed by atoms with van der Waals surface area (Å²) in [5.41, 5.74) is -0.124. The van der Waals surface area contributed by atoms with Gasteiger partial charge >= 0.3 is 5.91 Å². The third kappa shape index (κ3) is 3.00. The van der Waals surface area contributed by atoms with Crippen LogP contribution in [0.5, 0.6) is 0 Å². The monoisotopic (exact) mass is 287 g/mol. The highest BCUT2D eigenvalue weighted by Crippen LogP contribution is 2.21. The van der Waals surface area contributed by atoms with Crippen molar-refractivity contribution >= 4 is 17.3 Å². The van der Waals surface area contributed by atoms with Crippen LogP contribution in [0, 0.1) is 20.2 Å². The molecule has 21 heavy (non-hydrogen) atoms. The van der Waals surface area contributed by atoms with Gasteiger partial charge in [0.25, 0.3) is 5.69 Å². The first-order valence-electron chi connectivity index (χ1n) is 5.79. The molecule has 0 fully saturated rings. The van der Waals surface area contributed by atoms with Gasteiger partial charge in [0, 0.05) is 17.7 Å². The number of carbonyl (C=O) groups excluding carboxylic acids is 1. The Bertz CT molecular complexity index is 685. The van der Waals surface area contributed by atoms with Crippen LogP contribution in [0.25, 0.3) is 0 Å². The van der Waals surface area contributed by atoms with Crippen LogP contribution in [0.2, 0.25) is 0 Å². The summed E-state index contributed by atoms with van der Waals surface area (Å²) >= 11 is 0. The van der Waals surface area contributed by atoms with Crippen molar-refractivity contribution in [3.63, 3.8) is 0 Å². The van der Waals surface area contributed by atoms with E-state index in [1.165, 1.54) is 12.1 Å². The van der Waals surface area contributed by atoms with Gasteiger partial charge in [0.05, 0.1) is 4.92 Å². The lowest BCUT2D eigenvalue weighted by Gasteiger charge is -2.12. The van der Waals surface area contributed by atoms with Gasteiger partial charge in [0.1, 0.15) is 5.69 Å². The van der Waals surface area contributed by atoms with Gasteiger partial charge in [0.2, 0.25) is 0 Å². The van der Waals surface area contributed by atoms with E-state index in [0.29, 0.717) is 5.01 Å². The summed E-state index contributed by atoms with van der Waals surface area (Å²) in [4.78, 5) is 33.2. The lowest BCUT2D eigenvalue weighted by atomic mass is 10.2. The van der Waals surface area contributed by atoms with Gasteiger partial charge in [-0.3, -0.25) is 14.9 Å². The molecular formula is C13H9N3O5. The topological polar surface area (TPSA) is 107 Å². The van der Waals surface area contributed by atoms with Crippen LogP contribution in [-0.4, -0.2) is 15.9 Å². The van der Waals surface area contributed by atoms with Crippen molar-refractivity contribution in [1.29, 1.82) is 0 Å². The van der Waals surface area contributed by atoms with E-state index in [1.807, 2.05) is 0 Å². The largest absolute Gasteiger partial charge is 0.319 e. The maximum Gasteiger partial charge on any atom is 0.319 e. The lowest BCUT2D eigenvalue weighted by Crippen LogP contribution is -2.36. The Balaban J connectivity index is 2.38. The molecule has 0 bridgehead atoms. The highest BCUT2D eigenvalue weighted by atomic mass is 16.7. The van der Waals surface area contributed by atoms with Crippen LogP contribution < -0.4 is 5.01 Å². The van der Waals surface area contributed by atoms with Gasteiger partial charge in [-0.2, -0.15) is 0 Å². The zero-order valence-corrected chi connectivity index (χ0v) is 10.6. The molecule has 0 aliphatic rings. The summed E-state index contributed by atoms with van der Waals surface area (Å²) in [7, 11) is 0. The molecule has 0 unspecified atom stereocenters. The number of nitrogens with zero attached hydrogens (tertiary/aromatic N) is 3. The quantitative estimate of drug-likeness (QED) is 0.634. The van der Waals surface area contributed by atoms with E-state index in [4.69, 9.17) is 0 Å². The molecule has 8 heteroatoms. The Morgan fingerprint density at radius 2 is 1.48 bits per heavy atom. The Labute approximate surface area is 118 Å². The van der Waals surface area contributed by atoms with E-state index < -0.39 is 15.9 Å². The molecule has 0 saturated carbocycles. The maximum absolute atomic E-state index is 12.2. The second-order valence-corrected chi connectivity index (χ2v) is 3.99. The minimum Gasteiger partial charge on any atom is -0.262 e. The molecule has 2 aromatic carbocycles. The number of nitro benzene ring substituents is 1. The molecule has 0 N–H and O–H groups in total. The molecule has 8 nitrogen and oxygen atoms in total. The average molecular weight is 287 g/mol. The first-order valence-corrected chi connectivity index (χ1v) is 5.79. The molecule has 0 saturated heterocycles. The first-order chi connectivity index (χ1) is 10.0. The number of amides is 1. The average Bonchev–Trinajstić information content (AvgIpc) is 2.48. The number of benzene rings is 2.